The minimum atomic E-state index is -1.08. The third-order valence-electron chi connectivity index (χ3n) is 6.97. The lowest BCUT2D eigenvalue weighted by atomic mass is 9.91. The summed E-state index contributed by atoms with van der Waals surface area (Å²) < 4.78 is 5.89. The summed E-state index contributed by atoms with van der Waals surface area (Å²) in [6.45, 7) is 0.116. The zero-order chi connectivity index (χ0) is 23.9. The van der Waals surface area contributed by atoms with Crippen LogP contribution in [0.1, 0.15) is 40.0 Å². The van der Waals surface area contributed by atoms with Gasteiger partial charge in [0.2, 0.25) is 0 Å². The van der Waals surface area contributed by atoms with E-state index in [0.717, 1.165) is 27.8 Å². The van der Waals surface area contributed by atoms with Crippen molar-refractivity contribution in [3.8, 4) is 11.1 Å². The Morgan fingerprint density at radius 2 is 1.57 bits per heavy atom. The molecule has 35 heavy (non-hydrogen) atoms. The molecule has 0 saturated heterocycles. The second-order valence-electron chi connectivity index (χ2n) is 8.85. The molecule has 1 aromatic heterocycles. The maximum atomic E-state index is 13.6. The van der Waals surface area contributed by atoms with Crippen molar-refractivity contribution in [3.05, 3.63) is 113 Å². The van der Waals surface area contributed by atoms with Crippen LogP contribution in [0, 0.1) is 0 Å². The van der Waals surface area contributed by atoms with E-state index >= 15 is 0 Å². The largest absolute Gasteiger partial charge is 0.480 e. The van der Waals surface area contributed by atoms with Gasteiger partial charge in [0.15, 0.2) is 0 Å². The number of benzene rings is 3. The molecule has 1 amide bonds. The van der Waals surface area contributed by atoms with Crippen LogP contribution in [0.3, 0.4) is 0 Å². The van der Waals surface area contributed by atoms with Crippen LogP contribution in [0.25, 0.3) is 11.1 Å². The Morgan fingerprint density at radius 1 is 0.943 bits per heavy atom. The topological polar surface area (TPSA) is 95.5 Å². The van der Waals surface area contributed by atoms with Crippen molar-refractivity contribution in [1.82, 2.24) is 14.9 Å². The molecule has 2 aliphatic rings. The van der Waals surface area contributed by atoms with E-state index in [1.807, 2.05) is 54.6 Å². The predicted molar refractivity (Wildman–Crippen MR) is 129 cm³/mol. The minimum Gasteiger partial charge on any atom is -0.480 e. The van der Waals surface area contributed by atoms with Crippen LogP contribution in [0.4, 0.5) is 4.79 Å². The van der Waals surface area contributed by atoms with Gasteiger partial charge in [-0.15, -0.1) is 0 Å². The lowest BCUT2D eigenvalue weighted by molar-refractivity contribution is -0.143. The maximum Gasteiger partial charge on any atom is 0.411 e. The molecule has 0 spiro atoms. The Hall–Kier alpha value is -4.39. The summed E-state index contributed by atoms with van der Waals surface area (Å²) in [6.07, 6.45) is 1.01. The van der Waals surface area contributed by atoms with Gasteiger partial charge in [-0.1, -0.05) is 78.9 Å². The molecule has 0 saturated carbocycles. The lowest BCUT2D eigenvalue weighted by Crippen LogP contribution is -2.52. The third-order valence-corrected chi connectivity index (χ3v) is 6.97. The summed E-state index contributed by atoms with van der Waals surface area (Å²) >= 11 is 0. The van der Waals surface area contributed by atoms with Crippen LogP contribution in [-0.2, 0) is 16.0 Å². The van der Waals surface area contributed by atoms with Crippen LogP contribution in [0.5, 0.6) is 0 Å². The molecule has 1 aliphatic heterocycles. The van der Waals surface area contributed by atoms with Crippen LogP contribution >= 0.6 is 0 Å². The second-order valence-corrected chi connectivity index (χ2v) is 8.85. The van der Waals surface area contributed by atoms with Gasteiger partial charge in [0, 0.05) is 18.0 Å². The number of H-pyrrole nitrogens is 1. The van der Waals surface area contributed by atoms with E-state index in [1.165, 1.54) is 4.90 Å². The van der Waals surface area contributed by atoms with Crippen molar-refractivity contribution in [2.45, 2.75) is 24.4 Å². The molecule has 0 fully saturated rings. The van der Waals surface area contributed by atoms with Gasteiger partial charge in [-0.3, -0.25) is 4.90 Å². The summed E-state index contributed by atoms with van der Waals surface area (Å²) in [5.74, 6) is -1.20. The molecule has 1 aliphatic carbocycles. The van der Waals surface area contributed by atoms with Gasteiger partial charge in [-0.05, 0) is 27.8 Å². The van der Waals surface area contributed by atoms with Crippen molar-refractivity contribution in [1.29, 1.82) is 0 Å². The molecule has 4 aromatic rings. The molecule has 3 aromatic carbocycles. The molecular weight excluding hydrogens is 442 g/mol. The molecule has 0 radical (unpaired) electrons. The van der Waals surface area contributed by atoms with Crippen LogP contribution in [0.2, 0.25) is 0 Å². The molecule has 2 heterocycles. The molecule has 0 unspecified atom stereocenters. The van der Waals surface area contributed by atoms with Crippen molar-refractivity contribution in [3.63, 3.8) is 0 Å². The number of aromatic amines is 1. The van der Waals surface area contributed by atoms with Crippen LogP contribution in [0.15, 0.2) is 85.2 Å². The molecule has 174 valence electrons. The molecular formula is C28H23N3O4. The number of carbonyl (C=O) groups is 2. The van der Waals surface area contributed by atoms with E-state index in [9.17, 15) is 14.7 Å². The summed E-state index contributed by atoms with van der Waals surface area (Å²) in [7, 11) is 0. The van der Waals surface area contributed by atoms with E-state index in [1.54, 1.807) is 6.33 Å². The van der Waals surface area contributed by atoms with Crippen molar-refractivity contribution in [2.24, 2.45) is 0 Å². The highest BCUT2D eigenvalue weighted by molar-refractivity contribution is 5.82. The number of amides is 1. The fourth-order valence-electron chi connectivity index (χ4n) is 5.40. The Labute approximate surface area is 202 Å². The van der Waals surface area contributed by atoms with Gasteiger partial charge in [0.05, 0.1) is 12.0 Å². The van der Waals surface area contributed by atoms with E-state index in [2.05, 4.69) is 34.2 Å². The normalized spacial score (nSPS) is 18.5. The summed E-state index contributed by atoms with van der Waals surface area (Å²) in [5.41, 5.74) is 6.60. The number of carbonyl (C=O) groups excluding carboxylic acids is 1. The average Bonchev–Trinajstić information content (AvgIpc) is 3.49. The quantitative estimate of drug-likeness (QED) is 0.453. The van der Waals surface area contributed by atoms with Gasteiger partial charge >= 0.3 is 12.1 Å². The first-order chi connectivity index (χ1) is 17.1. The molecule has 0 bridgehead atoms. The first-order valence-corrected chi connectivity index (χ1v) is 11.6. The number of nitrogens with zero attached hydrogens (tertiary/aromatic N) is 2. The summed E-state index contributed by atoms with van der Waals surface area (Å²) in [6, 6.07) is 23.8. The van der Waals surface area contributed by atoms with Crippen molar-refractivity contribution >= 4 is 12.1 Å². The van der Waals surface area contributed by atoms with Gasteiger partial charge in [0.1, 0.15) is 18.7 Å². The fourth-order valence-corrected chi connectivity index (χ4v) is 5.40. The monoisotopic (exact) mass is 465 g/mol. The number of aromatic nitrogens is 2. The van der Waals surface area contributed by atoms with E-state index in [-0.39, 0.29) is 18.9 Å². The van der Waals surface area contributed by atoms with E-state index < -0.39 is 24.1 Å². The number of imidazole rings is 1. The Kier molecular flexibility index (Phi) is 5.10. The maximum absolute atomic E-state index is 13.6. The van der Waals surface area contributed by atoms with Crippen LogP contribution in [-0.4, -0.2) is 44.7 Å². The summed E-state index contributed by atoms with van der Waals surface area (Å²) in [5, 5.41) is 10.0. The Morgan fingerprint density at radius 3 is 2.23 bits per heavy atom. The zero-order valence-electron chi connectivity index (χ0n) is 18.8. The smallest absolute Gasteiger partial charge is 0.411 e. The van der Waals surface area contributed by atoms with Gasteiger partial charge in [-0.2, -0.15) is 0 Å². The predicted octanol–water partition coefficient (Wildman–Crippen LogP) is 4.76. The minimum absolute atomic E-state index is 0.115. The zero-order valence-corrected chi connectivity index (χ0v) is 18.8. The standard InChI is InChI=1S/C28H23N3O4/c32-27(33)24-14-23-25(30-16-29-23)26(17-8-2-1-3-9-17)31(24)28(34)35-15-22-20-12-6-4-10-18(20)19-11-5-7-13-21(19)22/h1-13,16,22,24,26H,14-15H2,(H,29,30)(H,32,33)/t24-,26-/m0/s1. The lowest BCUT2D eigenvalue weighted by Gasteiger charge is -2.38. The van der Waals surface area contributed by atoms with E-state index in [4.69, 9.17) is 4.74 Å². The number of hydrogen-bond donors (Lipinski definition) is 2. The molecule has 2 N–H and O–H groups in total. The fraction of sp³-hybridized carbons (Fsp3) is 0.179. The number of hydrogen-bond acceptors (Lipinski definition) is 4. The number of aliphatic carboxylic acids is 1. The van der Waals surface area contributed by atoms with Gasteiger partial charge in [0.25, 0.3) is 0 Å². The van der Waals surface area contributed by atoms with Crippen LogP contribution < -0.4 is 0 Å². The average molecular weight is 466 g/mol. The first-order valence-electron chi connectivity index (χ1n) is 11.6. The Balaban J connectivity index is 1.34. The number of nitrogens with one attached hydrogen (secondary N) is 1. The number of fused-ring (bicyclic) bond motifs is 4. The number of rotatable bonds is 4. The highest BCUT2D eigenvalue weighted by Crippen LogP contribution is 2.45. The van der Waals surface area contributed by atoms with Crippen molar-refractivity contribution < 1.29 is 19.4 Å². The first kappa shape index (κ1) is 21.2. The Bertz CT molecular complexity index is 1370. The number of carboxylic acid groups (broad SMARTS) is 1. The summed E-state index contributed by atoms with van der Waals surface area (Å²) in [4.78, 5) is 34.7. The number of carboxylic acids is 1. The van der Waals surface area contributed by atoms with Gasteiger partial charge < -0.3 is 14.8 Å². The molecule has 7 nitrogen and oxygen atoms in total. The molecule has 6 rings (SSSR count). The highest BCUT2D eigenvalue weighted by atomic mass is 16.6. The second kappa shape index (κ2) is 8.43. The SMILES string of the molecule is O=C(O)[C@@H]1Cc2[nH]cnc2[C@H](c2ccccc2)N1C(=O)OCC1c2ccccc2-c2ccccc21. The molecule has 2 atom stereocenters. The van der Waals surface area contributed by atoms with Gasteiger partial charge in [-0.25, -0.2) is 14.6 Å². The molecule has 7 heteroatoms. The third kappa shape index (κ3) is 3.47. The van der Waals surface area contributed by atoms with E-state index in [0.29, 0.717) is 11.4 Å². The highest BCUT2D eigenvalue weighted by Gasteiger charge is 2.44. The number of ether oxygens (including phenoxy) is 1. The van der Waals surface area contributed by atoms with Crippen molar-refractivity contribution in [2.75, 3.05) is 6.61 Å².